The number of carboxylic acids is 1. The van der Waals surface area contributed by atoms with Crippen LogP contribution in [0.2, 0.25) is 0 Å². The summed E-state index contributed by atoms with van der Waals surface area (Å²) in [7, 11) is 0. The second kappa shape index (κ2) is 3.93. The highest BCUT2D eigenvalue weighted by Crippen LogP contribution is 2.12. The van der Waals surface area contributed by atoms with Crippen molar-refractivity contribution in [2.45, 2.75) is 19.8 Å². The van der Waals surface area contributed by atoms with Crippen LogP contribution in [0.3, 0.4) is 0 Å². The van der Waals surface area contributed by atoms with Crippen LogP contribution in [0, 0.1) is 6.92 Å². The van der Waals surface area contributed by atoms with Gasteiger partial charge in [-0.05, 0) is 18.9 Å². The monoisotopic (exact) mass is 237 g/mol. The molecule has 0 unspecified atom stereocenters. The number of pyridine rings is 1. The van der Waals surface area contributed by atoms with Crippen molar-refractivity contribution in [3.63, 3.8) is 0 Å². The Hall–Kier alpha value is -2.31. The first-order valence-corrected chi connectivity index (χ1v) is 5.04. The molecule has 0 aromatic carbocycles. The van der Waals surface area contributed by atoms with Crippen LogP contribution in [0.5, 0.6) is 0 Å². The Morgan fingerprint density at radius 3 is 2.59 bits per heavy atom. The van der Waals surface area contributed by atoms with E-state index in [9.17, 15) is 14.4 Å². The van der Waals surface area contributed by atoms with Gasteiger partial charge in [0.1, 0.15) is 5.65 Å². The molecule has 0 aliphatic rings. The van der Waals surface area contributed by atoms with Gasteiger partial charge >= 0.3 is 5.97 Å². The van der Waals surface area contributed by atoms with Crippen LogP contribution in [-0.4, -0.2) is 26.3 Å². The molecule has 90 valence electrons. The Labute approximate surface area is 94.5 Å². The van der Waals surface area contributed by atoms with Gasteiger partial charge in [0.2, 0.25) is 0 Å². The Morgan fingerprint density at radius 2 is 1.94 bits per heavy atom. The molecule has 7 nitrogen and oxygen atoms in total. The van der Waals surface area contributed by atoms with E-state index in [0.717, 1.165) is 0 Å². The molecule has 17 heavy (non-hydrogen) atoms. The Morgan fingerprint density at radius 1 is 1.24 bits per heavy atom. The molecule has 0 aliphatic heterocycles. The molecule has 0 amide bonds. The normalized spacial score (nSPS) is 10.9. The third kappa shape index (κ3) is 1.86. The lowest BCUT2D eigenvalue weighted by atomic mass is 10.0. The predicted octanol–water partition coefficient (Wildman–Crippen LogP) is -0.130. The van der Waals surface area contributed by atoms with E-state index in [4.69, 9.17) is 5.11 Å². The maximum Gasteiger partial charge on any atom is 0.303 e. The van der Waals surface area contributed by atoms with E-state index in [0.29, 0.717) is 22.2 Å². The number of carbonyl (C=O) groups is 1. The summed E-state index contributed by atoms with van der Waals surface area (Å²) < 4.78 is 0. The van der Waals surface area contributed by atoms with E-state index in [1.807, 2.05) is 0 Å². The molecule has 0 saturated carbocycles. The fourth-order valence-corrected chi connectivity index (χ4v) is 1.85. The second-order valence-electron chi connectivity index (χ2n) is 3.78. The number of rotatable bonds is 3. The minimum absolute atomic E-state index is 0.108. The first-order valence-electron chi connectivity index (χ1n) is 5.04. The van der Waals surface area contributed by atoms with E-state index >= 15 is 0 Å². The number of hydrogen-bond donors (Lipinski definition) is 4. The molecule has 2 aromatic heterocycles. The van der Waals surface area contributed by atoms with Gasteiger partial charge in [-0.25, -0.2) is 0 Å². The van der Waals surface area contributed by atoms with Crippen molar-refractivity contribution in [2.75, 3.05) is 0 Å². The number of aromatic amines is 3. The van der Waals surface area contributed by atoms with Gasteiger partial charge < -0.3 is 10.1 Å². The molecule has 2 aromatic rings. The quantitative estimate of drug-likeness (QED) is 0.594. The minimum atomic E-state index is -0.980. The van der Waals surface area contributed by atoms with Gasteiger partial charge in [-0.15, -0.1) is 0 Å². The number of aromatic nitrogens is 3. The maximum absolute atomic E-state index is 11.7. The van der Waals surface area contributed by atoms with Crippen LogP contribution in [0.25, 0.3) is 11.0 Å². The summed E-state index contributed by atoms with van der Waals surface area (Å²) in [6.07, 6.45) is -0.0329. The van der Waals surface area contributed by atoms with Gasteiger partial charge in [-0.2, -0.15) is 0 Å². The highest BCUT2D eigenvalue weighted by atomic mass is 16.4. The number of nitrogens with one attached hydrogen (secondary N) is 3. The van der Waals surface area contributed by atoms with E-state index in [2.05, 4.69) is 15.2 Å². The minimum Gasteiger partial charge on any atom is -0.481 e. The summed E-state index contributed by atoms with van der Waals surface area (Å²) in [5, 5.41) is 13.9. The van der Waals surface area contributed by atoms with Crippen molar-refractivity contribution in [3.05, 3.63) is 31.8 Å². The predicted molar refractivity (Wildman–Crippen MR) is 60.2 cm³/mol. The average molecular weight is 237 g/mol. The lowest BCUT2D eigenvalue weighted by Gasteiger charge is -2.03. The van der Waals surface area contributed by atoms with Crippen LogP contribution >= 0.6 is 0 Å². The first-order chi connectivity index (χ1) is 8.00. The summed E-state index contributed by atoms with van der Waals surface area (Å²) in [5.74, 6) is -0.980. The molecule has 0 bridgehead atoms. The zero-order valence-electron chi connectivity index (χ0n) is 9.09. The maximum atomic E-state index is 11.7. The Balaban J connectivity index is 2.62. The fourth-order valence-electron chi connectivity index (χ4n) is 1.85. The molecular formula is C10H11N3O4. The number of hydrogen-bond acceptors (Lipinski definition) is 3. The lowest BCUT2D eigenvalue weighted by molar-refractivity contribution is -0.136. The summed E-state index contributed by atoms with van der Waals surface area (Å²) in [6, 6.07) is 0. The second-order valence-corrected chi connectivity index (χ2v) is 3.78. The van der Waals surface area contributed by atoms with Crippen LogP contribution in [0.15, 0.2) is 9.59 Å². The molecule has 0 saturated heterocycles. The molecular weight excluding hydrogens is 226 g/mol. The van der Waals surface area contributed by atoms with Gasteiger partial charge in [0.25, 0.3) is 11.1 Å². The fraction of sp³-hybridized carbons (Fsp3) is 0.300. The third-order valence-electron chi connectivity index (χ3n) is 2.71. The highest BCUT2D eigenvalue weighted by molar-refractivity contribution is 5.78. The molecule has 0 aliphatic carbocycles. The van der Waals surface area contributed by atoms with Crippen molar-refractivity contribution < 1.29 is 9.90 Å². The summed E-state index contributed by atoms with van der Waals surface area (Å²) in [4.78, 5) is 36.2. The number of aliphatic carboxylic acids is 1. The summed E-state index contributed by atoms with van der Waals surface area (Å²) >= 11 is 0. The Bertz CT molecular complexity index is 692. The molecule has 4 N–H and O–H groups in total. The topological polar surface area (TPSA) is 119 Å². The number of carboxylic acid groups (broad SMARTS) is 1. The summed E-state index contributed by atoms with van der Waals surface area (Å²) in [6.45, 7) is 1.64. The standard InChI is InChI=1S/C10H11N3O4/c1-4-5(2-3-6(14)15)9(16)11-8-7(4)10(17)13-12-8/h2-3H2,1H3,(H,14,15)(H3,11,12,13,16,17). The van der Waals surface area contributed by atoms with Crippen LogP contribution < -0.4 is 11.1 Å². The van der Waals surface area contributed by atoms with E-state index in [-0.39, 0.29) is 24.0 Å². The van der Waals surface area contributed by atoms with Crippen molar-refractivity contribution in [1.82, 2.24) is 15.2 Å². The lowest BCUT2D eigenvalue weighted by Crippen LogP contribution is -2.17. The largest absolute Gasteiger partial charge is 0.481 e. The SMILES string of the molecule is Cc1c(CCC(=O)O)c(=O)[nH]c2[nH][nH]c(=O)c12. The summed E-state index contributed by atoms with van der Waals surface area (Å²) in [5.41, 5.74) is 0.492. The zero-order chi connectivity index (χ0) is 12.6. The molecule has 0 spiro atoms. The van der Waals surface area contributed by atoms with E-state index < -0.39 is 5.97 Å². The average Bonchev–Trinajstić information content (AvgIpc) is 2.59. The molecule has 2 rings (SSSR count). The van der Waals surface area contributed by atoms with Crippen LogP contribution in [-0.2, 0) is 11.2 Å². The molecule has 0 fully saturated rings. The van der Waals surface area contributed by atoms with Crippen LogP contribution in [0.4, 0.5) is 0 Å². The van der Waals surface area contributed by atoms with Crippen molar-refractivity contribution in [2.24, 2.45) is 0 Å². The number of H-pyrrole nitrogens is 3. The van der Waals surface area contributed by atoms with Gasteiger partial charge in [0.15, 0.2) is 0 Å². The molecule has 0 atom stereocenters. The van der Waals surface area contributed by atoms with Gasteiger partial charge in [0.05, 0.1) is 5.39 Å². The van der Waals surface area contributed by atoms with Crippen molar-refractivity contribution >= 4 is 17.0 Å². The highest BCUT2D eigenvalue weighted by Gasteiger charge is 2.13. The number of fused-ring (bicyclic) bond motifs is 1. The number of aryl methyl sites for hydroxylation is 1. The van der Waals surface area contributed by atoms with Crippen LogP contribution in [0.1, 0.15) is 17.5 Å². The molecule has 7 heteroatoms. The Kier molecular flexibility index (Phi) is 2.58. The first kappa shape index (κ1) is 11.2. The van der Waals surface area contributed by atoms with Gasteiger partial charge in [0, 0.05) is 12.0 Å². The zero-order valence-corrected chi connectivity index (χ0v) is 9.09. The third-order valence-corrected chi connectivity index (χ3v) is 2.71. The van der Waals surface area contributed by atoms with Gasteiger partial charge in [-0.1, -0.05) is 0 Å². The molecule has 0 radical (unpaired) electrons. The smallest absolute Gasteiger partial charge is 0.303 e. The van der Waals surface area contributed by atoms with Crippen molar-refractivity contribution in [1.29, 1.82) is 0 Å². The van der Waals surface area contributed by atoms with E-state index in [1.165, 1.54) is 0 Å². The van der Waals surface area contributed by atoms with Gasteiger partial charge in [-0.3, -0.25) is 24.6 Å². The van der Waals surface area contributed by atoms with Crippen molar-refractivity contribution in [3.8, 4) is 0 Å². The molecule has 2 heterocycles. The van der Waals surface area contributed by atoms with E-state index in [1.54, 1.807) is 6.92 Å².